The average Bonchev–Trinajstić information content (AvgIpc) is 2.77. The molecule has 2 aromatic heterocycles. The molecule has 0 fully saturated rings. The predicted octanol–water partition coefficient (Wildman–Crippen LogP) is 2.25. The third kappa shape index (κ3) is 1.98. The molecule has 0 aliphatic rings. The second-order valence-corrected chi connectivity index (χ2v) is 4.46. The summed E-state index contributed by atoms with van der Waals surface area (Å²) in [4.78, 5) is 20.7. The number of carbonyl (C=O) groups is 1. The summed E-state index contributed by atoms with van der Waals surface area (Å²) in [5.41, 5.74) is 2.30. The lowest BCUT2D eigenvalue weighted by atomic mass is 10.1. The lowest BCUT2D eigenvalue weighted by Crippen LogP contribution is -2.09. The first-order valence-electron chi connectivity index (χ1n) is 5.60. The zero-order valence-electron chi connectivity index (χ0n) is 10.0. The van der Waals surface area contributed by atoms with Crippen molar-refractivity contribution < 1.29 is 4.79 Å². The zero-order chi connectivity index (χ0) is 13.4. The van der Waals surface area contributed by atoms with E-state index in [0.717, 1.165) is 5.52 Å². The maximum Gasteiger partial charge on any atom is 0.212 e. The summed E-state index contributed by atoms with van der Waals surface area (Å²) < 4.78 is 1.46. The molecule has 0 aliphatic carbocycles. The van der Waals surface area contributed by atoms with E-state index >= 15 is 0 Å². The Morgan fingerprint density at radius 3 is 2.63 bits per heavy atom. The minimum Gasteiger partial charge on any atom is -0.287 e. The summed E-state index contributed by atoms with van der Waals surface area (Å²) in [5, 5.41) is 4.30. The number of hydrogen-bond acceptors (Lipinski definition) is 4. The van der Waals surface area contributed by atoms with Gasteiger partial charge in [0, 0.05) is 25.0 Å². The van der Waals surface area contributed by atoms with Crippen LogP contribution in [-0.2, 0) is 7.05 Å². The fourth-order valence-electron chi connectivity index (χ4n) is 1.91. The van der Waals surface area contributed by atoms with E-state index in [2.05, 4.69) is 15.1 Å². The van der Waals surface area contributed by atoms with Gasteiger partial charge >= 0.3 is 0 Å². The van der Waals surface area contributed by atoms with E-state index in [9.17, 15) is 4.79 Å². The number of hydrogen-bond donors (Lipinski definition) is 0. The SMILES string of the molecule is Cn1ncc(Cl)c1C(=O)c1ccc2nccnc2c1. The third-order valence-electron chi connectivity index (χ3n) is 2.84. The normalized spacial score (nSPS) is 10.8. The first kappa shape index (κ1) is 11.8. The molecular formula is C13H9ClN4O. The molecule has 0 N–H and O–H groups in total. The molecule has 3 aromatic rings. The van der Waals surface area contributed by atoms with E-state index in [1.807, 2.05) is 0 Å². The Bertz CT molecular complexity index is 762. The Balaban J connectivity index is 2.12. The number of ketones is 1. The van der Waals surface area contributed by atoms with Gasteiger partial charge in [0.25, 0.3) is 0 Å². The molecule has 0 saturated heterocycles. The van der Waals surface area contributed by atoms with Crippen molar-refractivity contribution in [1.82, 2.24) is 19.7 Å². The van der Waals surface area contributed by atoms with E-state index in [1.165, 1.54) is 10.9 Å². The minimum atomic E-state index is -0.183. The molecule has 19 heavy (non-hydrogen) atoms. The van der Waals surface area contributed by atoms with Crippen LogP contribution in [0.25, 0.3) is 11.0 Å². The van der Waals surface area contributed by atoms with Crippen LogP contribution >= 0.6 is 11.6 Å². The first-order chi connectivity index (χ1) is 9.16. The maximum absolute atomic E-state index is 12.4. The summed E-state index contributed by atoms with van der Waals surface area (Å²) in [6.45, 7) is 0. The second-order valence-electron chi connectivity index (χ2n) is 4.05. The monoisotopic (exact) mass is 272 g/mol. The number of fused-ring (bicyclic) bond motifs is 1. The molecule has 1 aromatic carbocycles. The number of carbonyl (C=O) groups excluding carboxylic acids is 1. The molecule has 0 atom stereocenters. The van der Waals surface area contributed by atoms with Gasteiger partial charge < -0.3 is 0 Å². The van der Waals surface area contributed by atoms with Gasteiger partial charge in [0.15, 0.2) is 0 Å². The van der Waals surface area contributed by atoms with E-state index in [-0.39, 0.29) is 5.78 Å². The summed E-state index contributed by atoms with van der Waals surface area (Å²) in [5.74, 6) is -0.183. The minimum absolute atomic E-state index is 0.183. The number of benzene rings is 1. The van der Waals surface area contributed by atoms with Gasteiger partial charge in [0.05, 0.1) is 22.3 Å². The lowest BCUT2D eigenvalue weighted by molar-refractivity contribution is 0.103. The van der Waals surface area contributed by atoms with Gasteiger partial charge in [-0.1, -0.05) is 11.6 Å². The molecule has 0 spiro atoms. The van der Waals surface area contributed by atoms with Crippen LogP contribution in [0.5, 0.6) is 0 Å². The highest BCUT2D eigenvalue weighted by molar-refractivity contribution is 6.34. The number of aromatic nitrogens is 4. The molecule has 0 aliphatic heterocycles. The largest absolute Gasteiger partial charge is 0.287 e. The van der Waals surface area contributed by atoms with E-state index in [0.29, 0.717) is 21.8 Å². The number of nitrogens with zero attached hydrogens (tertiary/aromatic N) is 4. The highest BCUT2D eigenvalue weighted by atomic mass is 35.5. The maximum atomic E-state index is 12.4. The molecule has 0 saturated carbocycles. The van der Waals surface area contributed by atoms with Crippen LogP contribution in [0.2, 0.25) is 5.02 Å². The van der Waals surface area contributed by atoms with Crippen LogP contribution in [0, 0.1) is 0 Å². The Morgan fingerprint density at radius 1 is 1.21 bits per heavy atom. The molecule has 5 nitrogen and oxygen atoms in total. The molecule has 0 unspecified atom stereocenters. The van der Waals surface area contributed by atoms with Crippen LogP contribution in [-0.4, -0.2) is 25.5 Å². The van der Waals surface area contributed by atoms with Crippen LogP contribution in [0.1, 0.15) is 16.1 Å². The summed E-state index contributed by atoms with van der Waals surface area (Å²) in [6.07, 6.45) is 4.66. The van der Waals surface area contributed by atoms with Gasteiger partial charge in [-0.2, -0.15) is 5.10 Å². The molecule has 2 heterocycles. The van der Waals surface area contributed by atoms with Crippen molar-refractivity contribution in [3.8, 4) is 0 Å². The van der Waals surface area contributed by atoms with Crippen molar-refractivity contribution >= 4 is 28.4 Å². The van der Waals surface area contributed by atoms with E-state index in [4.69, 9.17) is 11.6 Å². The topological polar surface area (TPSA) is 60.7 Å². The van der Waals surface area contributed by atoms with Gasteiger partial charge in [-0.3, -0.25) is 19.4 Å². The Labute approximate surface area is 113 Å². The Hall–Kier alpha value is -2.27. The average molecular weight is 273 g/mol. The highest BCUT2D eigenvalue weighted by Gasteiger charge is 2.17. The van der Waals surface area contributed by atoms with Crippen molar-refractivity contribution in [1.29, 1.82) is 0 Å². The van der Waals surface area contributed by atoms with Crippen molar-refractivity contribution in [2.75, 3.05) is 0 Å². The number of halogens is 1. The predicted molar refractivity (Wildman–Crippen MR) is 71.2 cm³/mol. The third-order valence-corrected chi connectivity index (χ3v) is 3.12. The fraction of sp³-hybridized carbons (Fsp3) is 0.0769. The molecule has 0 amide bonds. The first-order valence-corrected chi connectivity index (χ1v) is 5.97. The Kier molecular flexibility index (Phi) is 2.76. The van der Waals surface area contributed by atoms with E-state index < -0.39 is 0 Å². The van der Waals surface area contributed by atoms with Gasteiger partial charge in [-0.15, -0.1) is 0 Å². The molecule has 0 radical (unpaired) electrons. The summed E-state index contributed by atoms with van der Waals surface area (Å²) in [6, 6.07) is 5.18. The zero-order valence-corrected chi connectivity index (χ0v) is 10.8. The smallest absolute Gasteiger partial charge is 0.212 e. The van der Waals surface area contributed by atoms with Crippen molar-refractivity contribution in [2.24, 2.45) is 7.05 Å². The van der Waals surface area contributed by atoms with Gasteiger partial charge in [-0.05, 0) is 18.2 Å². The van der Waals surface area contributed by atoms with Crippen molar-refractivity contribution in [3.63, 3.8) is 0 Å². The molecule has 3 rings (SSSR count). The second kappa shape index (κ2) is 4.44. The fourth-order valence-corrected chi connectivity index (χ4v) is 2.16. The van der Waals surface area contributed by atoms with E-state index in [1.54, 1.807) is 37.6 Å². The molecule has 6 heteroatoms. The number of aryl methyl sites for hydroxylation is 1. The van der Waals surface area contributed by atoms with Crippen molar-refractivity contribution in [2.45, 2.75) is 0 Å². The van der Waals surface area contributed by atoms with Gasteiger partial charge in [0.2, 0.25) is 5.78 Å². The molecule has 94 valence electrons. The van der Waals surface area contributed by atoms with Gasteiger partial charge in [-0.25, -0.2) is 0 Å². The van der Waals surface area contributed by atoms with Crippen LogP contribution in [0.15, 0.2) is 36.8 Å². The standard InChI is InChI=1S/C13H9ClN4O/c1-18-12(9(14)7-17-18)13(19)8-2-3-10-11(6-8)16-5-4-15-10/h2-7H,1H3. The lowest BCUT2D eigenvalue weighted by Gasteiger charge is -2.03. The number of rotatable bonds is 2. The van der Waals surface area contributed by atoms with Crippen LogP contribution in [0.4, 0.5) is 0 Å². The van der Waals surface area contributed by atoms with Crippen molar-refractivity contribution in [3.05, 3.63) is 53.1 Å². The van der Waals surface area contributed by atoms with Crippen LogP contribution < -0.4 is 0 Å². The Morgan fingerprint density at radius 2 is 1.95 bits per heavy atom. The summed E-state index contributed by atoms with van der Waals surface area (Å²) in [7, 11) is 1.68. The highest BCUT2D eigenvalue weighted by Crippen LogP contribution is 2.20. The van der Waals surface area contributed by atoms with Gasteiger partial charge in [0.1, 0.15) is 5.69 Å². The summed E-state index contributed by atoms with van der Waals surface area (Å²) >= 11 is 5.98. The molecule has 0 bridgehead atoms. The van der Waals surface area contributed by atoms with Crippen LogP contribution in [0.3, 0.4) is 0 Å². The molecular weight excluding hydrogens is 264 g/mol. The quantitative estimate of drug-likeness (QED) is 0.671.